The van der Waals surface area contributed by atoms with E-state index in [4.69, 9.17) is 23.2 Å². The SMILES string of the molecule is C=C1CCCCCC(=O)Nc2cc(C(C)(C#N)Cc3cc(Cl)nc(Cl)c3)ccc21. The number of benzene rings is 1. The lowest BCUT2D eigenvalue weighted by molar-refractivity contribution is -0.116. The Bertz CT molecular complexity index is 976. The standard InChI is InChI=1S/C23H23Cl2N3O/c1-15-6-4-3-5-7-22(29)27-19-12-17(8-9-18(15)19)23(2,14-26)13-16-10-20(24)28-21(25)11-16/h8-12H,1,3-7,13H2,2H3,(H,27,29). The summed E-state index contributed by atoms with van der Waals surface area (Å²) in [4.78, 5) is 16.3. The van der Waals surface area contributed by atoms with Gasteiger partial charge in [0.25, 0.3) is 0 Å². The van der Waals surface area contributed by atoms with Gasteiger partial charge in [-0.25, -0.2) is 4.98 Å². The monoisotopic (exact) mass is 427 g/mol. The Morgan fingerprint density at radius 1 is 1.17 bits per heavy atom. The molecule has 0 saturated heterocycles. The van der Waals surface area contributed by atoms with E-state index in [1.807, 2.05) is 25.1 Å². The van der Waals surface area contributed by atoms with Gasteiger partial charge in [-0.05, 0) is 67.5 Å². The number of nitriles is 1. The Morgan fingerprint density at radius 2 is 1.86 bits per heavy atom. The van der Waals surface area contributed by atoms with Crippen LogP contribution in [-0.2, 0) is 16.6 Å². The van der Waals surface area contributed by atoms with E-state index in [0.29, 0.717) is 28.8 Å². The van der Waals surface area contributed by atoms with Gasteiger partial charge in [-0.3, -0.25) is 4.79 Å². The molecule has 0 aliphatic carbocycles. The molecule has 1 aromatic heterocycles. The number of nitrogens with one attached hydrogen (secondary N) is 1. The highest BCUT2D eigenvalue weighted by Crippen LogP contribution is 2.35. The fraction of sp³-hybridized carbons (Fsp3) is 0.348. The summed E-state index contributed by atoms with van der Waals surface area (Å²) in [6.45, 7) is 6.07. The zero-order valence-electron chi connectivity index (χ0n) is 16.4. The number of nitrogens with zero attached hydrogens (tertiary/aromatic N) is 2. The van der Waals surface area contributed by atoms with Crippen LogP contribution in [0.25, 0.3) is 5.57 Å². The molecule has 1 amide bonds. The summed E-state index contributed by atoms with van der Waals surface area (Å²) in [5.74, 6) is -0.00976. The van der Waals surface area contributed by atoms with E-state index in [1.54, 1.807) is 12.1 Å². The third kappa shape index (κ3) is 5.18. The van der Waals surface area contributed by atoms with Crippen molar-refractivity contribution in [3.8, 4) is 6.07 Å². The Hall–Kier alpha value is -2.35. The summed E-state index contributed by atoms with van der Waals surface area (Å²) < 4.78 is 0. The number of allylic oxidation sites excluding steroid dienone is 1. The Labute approximate surface area is 181 Å². The fourth-order valence-corrected chi connectivity index (χ4v) is 4.18. The van der Waals surface area contributed by atoms with Gasteiger partial charge in [0.05, 0.1) is 11.5 Å². The van der Waals surface area contributed by atoms with Gasteiger partial charge >= 0.3 is 0 Å². The van der Waals surface area contributed by atoms with Gasteiger partial charge in [0.2, 0.25) is 5.91 Å². The van der Waals surface area contributed by atoms with Crippen molar-refractivity contribution in [1.82, 2.24) is 4.98 Å². The molecule has 29 heavy (non-hydrogen) atoms. The zero-order valence-corrected chi connectivity index (χ0v) is 17.9. The summed E-state index contributed by atoms with van der Waals surface area (Å²) >= 11 is 12.0. The molecule has 6 heteroatoms. The molecule has 1 unspecified atom stereocenters. The Balaban J connectivity index is 2.00. The van der Waals surface area contributed by atoms with Crippen molar-refractivity contribution in [2.75, 3.05) is 5.32 Å². The van der Waals surface area contributed by atoms with Crippen molar-refractivity contribution in [2.24, 2.45) is 0 Å². The van der Waals surface area contributed by atoms with Crippen molar-refractivity contribution in [3.63, 3.8) is 0 Å². The van der Waals surface area contributed by atoms with Crippen LogP contribution in [0.4, 0.5) is 5.69 Å². The molecule has 1 atom stereocenters. The largest absolute Gasteiger partial charge is 0.326 e. The summed E-state index contributed by atoms with van der Waals surface area (Å²) in [5, 5.41) is 13.6. The highest BCUT2D eigenvalue weighted by Gasteiger charge is 2.29. The van der Waals surface area contributed by atoms with E-state index in [-0.39, 0.29) is 5.91 Å². The Kier molecular flexibility index (Phi) is 6.62. The number of fused-ring (bicyclic) bond motifs is 1. The molecule has 0 radical (unpaired) electrons. The normalized spacial score (nSPS) is 16.9. The molecule has 1 aliphatic rings. The number of hydrogen-bond donors (Lipinski definition) is 1. The highest BCUT2D eigenvalue weighted by atomic mass is 35.5. The van der Waals surface area contributed by atoms with E-state index in [9.17, 15) is 10.1 Å². The number of carbonyl (C=O) groups is 1. The van der Waals surface area contributed by atoms with Gasteiger partial charge < -0.3 is 5.32 Å². The summed E-state index contributed by atoms with van der Waals surface area (Å²) in [7, 11) is 0. The number of amides is 1. The van der Waals surface area contributed by atoms with Gasteiger partial charge in [0, 0.05) is 17.7 Å². The summed E-state index contributed by atoms with van der Waals surface area (Å²) in [5.41, 5.74) is 3.45. The van der Waals surface area contributed by atoms with Crippen molar-refractivity contribution < 1.29 is 4.79 Å². The summed E-state index contributed by atoms with van der Waals surface area (Å²) in [6, 6.07) is 11.6. The molecule has 1 aliphatic heterocycles. The van der Waals surface area contributed by atoms with Crippen LogP contribution >= 0.6 is 23.2 Å². The second kappa shape index (κ2) is 8.98. The molecular weight excluding hydrogens is 405 g/mol. The first-order valence-electron chi connectivity index (χ1n) is 9.66. The number of pyridine rings is 1. The number of aromatic nitrogens is 1. The van der Waals surface area contributed by atoms with Crippen molar-refractivity contribution in [1.29, 1.82) is 5.26 Å². The Morgan fingerprint density at radius 3 is 2.55 bits per heavy atom. The van der Waals surface area contributed by atoms with Crippen molar-refractivity contribution >= 4 is 40.4 Å². The lowest BCUT2D eigenvalue weighted by Gasteiger charge is -2.25. The predicted octanol–water partition coefficient (Wildman–Crippen LogP) is 6.33. The number of rotatable bonds is 3. The molecule has 0 saturated carbocycles. The van der Waals surface area contributed by atoms with Crippen molar-refractivity contribution in [2.45, 2.75) is 50.9 Å². The minimum absolute atomic E-state index is 0.00976. The number of halogens is 2. The van der Waals surface area contributed by atoms with Gasteiger partial charge in [-0.1, -0.05) is 48.3 Å². The van der Waals surface area contributed by atoms with Crippen molar-refractivity contribution in [3.05, 3.63) is 63.9 Å². The topological polar surface area (TPSA) is 65.8 Å². The van der Waals surface area contributed by atoms with Gasteiger partial charge in [-0.15, -0.1) is 0 Å². The second-order valence-electron chi connectivity index (χ2n) is 7.71. The molecule has 3 rings (SSSR count). The lowest BCUT2D eigenvalue weighted by atomic mass is 9.78. The lowest BCUT2D eigenvalue weighted by Crippen LogP contribution is -2.24. The first-order chi connectivity index (χ1) is 13.8. The van der Waals surface area contributed by atoms with Crippen LogP contribution in [0.5, 0.6) is 0 Å². The average Bonchev–Trinajstić information content (AvgIpc) is 2.66. The van der Waals surface area contributed by atoms with Crippen LogP contribution in [0.2, 0.25) is 10.3 Å². The highest BCUT2D eigenvalue weighted by molar-refractivity contribution is 6.32. The molecule has 1 aromatic carbocycles. The fourth-order valence-electron chi connectivity index (χ4n) is 3.68. The maximum atomic E-state index is 12.3. The summed E-state index contributed by atoms with van der Waals surface area (Å²) in [6.07, 6.45) is 4.72. The van der Waals surface area contributed by atoms with Crippen LogP contribution < -0.4 is 5.32 Å². The molecule has 0 spiro atoms. The number of anilines is 1. The minimum Gasteiger partial charge on any atom is -0.326 e. The molecule has 1 N–H and O–H groups in total. The maximum absolute atomic E-state index is 12.3. The number of carbonyl (C=O) groups excluding carboxylic acids is 1. The zero-order chi connectivity index (χ0) is 21.0. The van der Waals surface area contributed by atoms with E-state index in [0.717, 1.165) is 47.9 Å². The molecular formula is C23H23Cl2N3O. The first kappa shape index (κ1) is 21.4. The quantitative estimate of drug-likeness (QED) is 0.581. The smallest absolute Gasteiger partial charge is 0.224 e. The van der Waals surface area contributed by atoms with Crippen LogP contribution in [0.1, 0.15) is 55.7 Å². The second-order valence-corrected chi connectivity index (χ2v) is 8.49. The van der Waals surface area contributed by atoms with E-state index < -0.39 is 5.41 Å². The number of hydrogen-bond acceptors (Lipinski definition) is 3. The molecule has 4 nitrogen and oxygen atoms in total. The molecule has 150 valence electrons. The van der Waals surface area contributed by atoms with Gasteiger partial charge in [0.15, 0.2) is 0 Å². The minimum atomic E-state index is -0.829. The van der Waals surface area contributed by atoms with Gasteiger partial charge in [0.1, 0.15) is 10.3 Å². The molecule has 0 fully saturated rings. The van der Waals surface area contributed by atoms with Crippen LogP contribution in [0.3, 0.4) is 0 Å². The first-order valence-corrected chi connectivity index (χ1v) is 10.4. The average molecular weight is 428 g/mol. The van der Waals surface area contributed by atoms with E-state index in [1.165, 1.54) is 0 Å². The van der Waals surface area contributed by atoms with Gasteiger partial charge in [-0.2, -0.15) is 5.26 Å². The third-order valence-corrected chi connectivity index (χ3v) is 5.71. The molecule has 2 aromatic rings. The van der Waals surface area contributed by atoms with Crippen LogP contribution in [0, 0.1) is 11.3 Å². The maximum Gasteiger partial charge on any atom is 0.224 e. The van der Waals surface area contributed by atoms with E-state index >= 15 is 0 Å². The predicted molar refractivity (Wildman–Crippen MR) is 118 cm³/mol. The molecule has 0 bridgehead atoms. The van der Waals surface area contributed by atoms with Crippen LogP contribution in [-0.4, -0.2) is 10.9 Å². The molecule has 2 heterocycles. The van der Waals surface area contributed by atoms with Crippen LogP contribution in [0.15, 0.2) is 36.9 Å². The van der Waals surface area contributed by atoms with E-state index in [2.05, 4.69) is 22.9 Å². The third-order valence-electron chi connectivity index (χ3n) is 5.32.